The fourth-order valence-electron chi connectivity index (χ4n) is 14.0. The van der Waals surface area contributed by atoms with Crippen LogP contribution in [0.2, 0.25) is 0 Å². The lowest BCUT2D eigenvalue weighted by Gasteiger charge is -2.33. The molecule has 99 heavy (non-hydrogen) atoms. The predicted molar refractivity (Wildman–Crippen MR) is 384 cm³/mol. The maximum Gasteiger partial charge on any atom is 0.254 e. The molecule has 9 aromatic heterocycles. The van der Waals surface area contributed by atoms with Crippen molar-refractivity contribution >= 4 is 91.5 Å². The molecule has 8 N–H and O–H groups in total. The highest BCUT2D eigenvalue weighted by molar-refractivity contribution is 6.09. The Morgan fingerprint density at radius 1 is 0.444 bits per heavy atom. The molecule has 0 bridgehead atoms. The van der Waals surface area contributed by atoms with Crippen LogP contribution in [-0.2, 0) is 26.7 Å². The fourth-order valence-corrected chi connectivity index (χ4v) is 14.0. The molecule has 6 aliphatic rings. The van der Waals surface area contributed by atoms with E-state index in [1.807, 2.05) is 133 Å². The maximum absolute atomic E-state index is 12.8. The molecule has 3 saturated heterocycles. The number of hydrogen-bond acceptors (Lipinski definition) is 20. The number of aromatic nitrogens is 11. The fraction of sp³-hybridized carbons (Fsp3) is 0.247. The van der Waals surface area contributed by atoms with Gasteiger partial charge < -0.3 is 66.7 Å². The Morgan fingerprint density at radius 3 is 1.53 bits per heavy atom. The molecule has 15 heterocycles. The first-order valence-electron chi connectivity index (χ1n) is 33.4. The standard InChI is InChI=1S/C25H26N8O.C25H25N7O.C23H22N8O/c1-31-9-11-33(12-10-31)16-3-6-21(26-13-16)30-20-5-4-17(19-14-27-25(34)22(19)20)23-18-7-8-32(2)24(18)29-15-28-23;1-16-3-2-4-22-19(15-29-32(16)22)18-6-7-21(24-20(18)14-28-25(24)33)30-23-8-5-17(13-27-23)31-11-9-26-10-12-31;32-23-22-17(13-27-23)16(19-14-26-21-2-1-7-28-31(19)21)4-5-18(22)29-20-6-3-15(12-25-20)30-10-8-24-9-11-30/h3-8,13,15H,9-12,14H2,1-2H3,(H,26,30)(H,27,34);2-8,13,15,26H,9-12,14H2,1H3,(H,27,30)(H,28,33);1-7,12,14,24H,8-11,13H2,(H,25,29)(H,27,32). The van der Waals surface area contributed by atoms with Gasteiger partial charge in [-0.2, -0.15) is 10.2 Å². The molecular weight excluding hydrogens is 1250 g/mol. The van der Waals surface area contributed by atoms with Crippen LogP contribution in [0.15, 0.2) is 159 Å². The van der Waals surface area contributed by atoms with Gasteiger partial charge in [-0.25, -0.2) is 38.9 Å². The number of aryl methyl sites for hydroxylation is 2. The van der Waals surface area contributed by atoms with Gasteiger partial charge in [0.15, 0.2) is 5.65 Å². The smallest absolute Gasteiger partial charge is 0.254 e. The minimum absolute atomic E-state index is 0.0700. The van der Waals surface area contributed by atoms with Crippen molar-refractivity contribution in [2.75, 3.05) is 116 Å². The molecule has 3 fully saturated rings. The average Bonchev–Trinajstić information content (AvgIpc) is 1.64. The van der Waals surface area contributed by atoms with Crippen molar-refractivity contribution < 1.29 is 14.4 Å². The number of anilines is 9. The summed E-state index contributed by atoms with van der Waals surface area (Å²) in [6, 6.07) is 36.0. The number of imidazole rings is 1. The number of carbonyl (C=O) groups is 3. The van der Waals surface area contributed by atoms with E-state index in [0.717, 1.165) is 197 Å². The summed E-state index contributed by atoms with van der Waals surface area (Å²) < 4.78 is 5.70. The molecule has 0 spiro atoms. The molecule has 12 aromatic rings. The first-order chi connectivity index (χ1) is 48.5. The van der Waals surface area contributed by atoms with Crippen molar-refractivity contribution in [2.45, 2.75) is 26.6 Å². The summed E-state index contributed by atoms with van der Waals surface area (Å²) in [6.07, 6.45) is 14.6. The van der Waals surface area contributed by atoms with Gasteiger partial charge in [0.2, 0.25) is 0 Å². The summed E-state index contributed by atoms with van der Waals surface area (Å²) >= 11 is 0. The van der Waals surface area contributed by atoms with Crippen LogP contribution in [0.3, 0.4) is 0 Å². The molecule has 6 aliphatic heterocycles. The van der Waals surface area contributed by atoms with Crippen molar-refractivity contribution in [3.63, 3.8) is 0 Å². The van der Waals surface area contributed by atoms with Crippen molar-refractivity contribution in [3.05, 3.63) is 198 Å². The molecular formula is C73H73N23O3. The third kappa shape index (κ3) is 12.1. The zero-order valence-corrected chi connectivity index (χ0v) is 55.1. The average molecular weight is 1320 g/mol. The molecule has 18 rings (SSSR count). The van der Waals surface area contributed by atoms with Gasteiger partial charge in [-0.05, 0) is 121 Å². The highest BCUT2D eigenvalue weighted by atomic mass is 16.2. The largest absolute Gasteiger partial charge is 0.368 e. The number of fused-ring (bicyclic) bond motifs is 6. The van der Waals surface area contributed by atoms with E-state index >= 15 is 0 Å². The van der Waals surface area contributed by atoms with E-state index in [2.05, 4.69) is 140 Å². The highest BCUT2D eigenvalue weighted by Gasteiger charge is 2.31. The first-order valence-corrected chi connectivity index (χ1v) is 33.4. The lowest BCUT2D eigenvalue weighted by molar-refractivity contribution is 0.0958. The van der Waals surface area contributed by atoms with Crippen LogP contribution in [0.5, 0.6) is 0 Å². The molecule has 0 atom stereocenters. The van der Waals surface area contributed by atoms with Gasteiger partial charge in [-0.15, -0.1) is 0 Å². The van der Waals surface area contributed by atoms with Crippen LogP contribution >= 0.6 is 0 Å². The van der Waals surface area contributed by atoms with E-state index in [4.69, 9.17) is 0 Å². The Hall–Kier alpha value is -11.9. The quantitative estimate of drug-likeness (QED) is 0.0574. The van der Waals surface area contributed by atoms with E-state index in [1.165, 1.54) is 0 Å². The number of nitrogens with zero attached hydrogens (tertiary/aromatic N) is 15. The lowest BCUT2D eigenvalue weighted by Crippen LogP contribution is -2.44. The van der Waals surface area contributed by atoms with E-state index in [-0.39, 0.29) is 17.7 Å². The van der Waals surface area contributed by atoms with Crippen LogP contribution < -0.4 is 57.2 Å². The van der Waals surface area contributed by atoms with Crippen LogP contribution in [0.4, 0.5) is 51.6 Å². The first kappa shape index (κ1) is 62.0. The Labute approximate surface area is 569 Å². The number of carbonyl (C=O) groups excluding carboxylic acids is 3. The molecule has 3 amide bonds. The molecule has 0 radical (unpaired) electrons. The maximum atomic E-state index is 12.8. The second kappa shape index (κ2) is 26.6. The summed E-state index contributed by atoms with van der Waals surface area (Å²) in [5, 5.41) is 35.6. The van der Waals surface area contributed by atoms with E-state index in [0.29, 0.717) is 48.0 Å². The van der Waals surface area contributed by atoms with Crippen LogP contribution in [0.1, 0.15) is 53.5 Å². The molecule has 0 saturated carbocycles. The topological polar surface area (TPSA) is 277 Å². The van der Waals surface area contributed by atoms with Gasteiger partial charge in [-0.1, -0.05) is 24.3 Å². The zero-order chi connectivity index (χ0) is 67.1. The number of likely N-dealkylation sites (N-methyl/N-ethyl adjacent to an activating group) is 1. The minimum atomic E-state index is -0.0939. The number of amides is 3. The summed E-state index contributed by atoms with van der Waals surface area (Å²) in [6.45, 7) is 15.4. The second-order valence-corrected chi connectivity index (χ2v) is 25.3. The summed E-state index contributed by atoms with van der Waals surface area (Å²) in [5.41, 5.74) is 19.8. The molecule has 0 aliphatic carbocycles. The van der Waals surface area contributed by atoms with Gasteiger partial charge in [0.25, 0.3) is 17.7 Å². The van der Waals surface area contributed by atoms with Crippen molar-refractivity contribution in [2.24, 2.45) is 7.05 Å². The Kier molecular flexibility index (Phi) is 16.7. The minimum Gasteiger partial charge on any atom is -0.368 e. The SMILES string of the molecule is CN1CCN(c2ccc(Nc3ccc(-c4ncnc5c4ccn5C)c4c3C(=O)NC4)nc2)CC1.Cc1cccc2c(-c3ccc(Nc4ccc(N5CCNCC5)cn4)c4c3CNC4=O)cnn12.O=C1NCc2c(-c3cnc4cccnn34)ccc(Nc3ccc(N4CCNCC4)cn3)c21. The van der Waals surface area contributed by atoms with Gasteiger partial charge >= 0.3 is 0 Å². The van der Waals surface area contributed by atoms with Gasteiger partial charge in [0, 0.05) is 145 Å². The van der Waals surface area contributed by atoms with Crippen molar-refractivity contribution in [1.29, 1.82) is 0 Å². The van der Waals surface area contributed by atoms with E-state index in [1.54, 1.807) is 23.2 Å². The van der Waals surface area contributed by atoms with E-state index < -0.39 is 0 Å². The van der Waals surface area contributed by atoms with Crippen molar-refractivity contribution in [1.82, 2.24) is 85.2 Å². The molecule has 498 valence electrons. The Bertz CT molecular complexity index is 5050. The third-order valence-electron chi connectivity index (χ3n) is 19.3. The number of hydrogen-bond donors (Lipinski definition) is 8. The molecule has 0 unspecified atom stereocenters. The number of pyridine rings is 4. The van der Waals surface area contributed by atoms with Crippen LogP contribution in [0.25, 0.3) is 55.8 Å². The lowest BCUT2D eigenvalue weighted by atomic mass is 9.96. The normalized spacial score (nSPS) is 15.7. The summed E-state index contributed by atoms with van der Waals surface area (Å²) in [4.78, 5) is 74.8. The third-order valence-corrected chi connectivity index (χ3v) is 19.3. The van der Waals surface area contributed by atoms with Crippen LogP contribution in [-0.4, -0.2) is 162 Å². The predicted octanol–water partition coefficient (Wildman–Crippen LogP) is 8.06. The zero-order valence-electron chi connectivity index (χ0n) is 55.1. The Balaban J connectivity index is 0.000000116. The number of piperazine rings is 3. The number of nitrogens with one attached hydrogen (secondary N) is 8. The number of benzene rings is 3. The summed E-state index contributed by atoms with van der Waals surface area (Å²) in [7, 11) is 4.11. The van der Waals surface area contributed by atoms with Crippen LogP contribution in [0, 0.1) is 6.92 Å². The monoisotopic (exact) mass is 1320 g/mol. The Morgan fingerprint density at radius 2 is 0.970 bits per heavy atom. The summed E-state index contributed by atoms with van der Waals surface area (Å²) in [5.74, 6) is 1.87. The second-order valence-electron chi connectivity index (χ2n) is 25.3. The molecule has 3 aromatic carbocycles. The highest BCUT2D eigenvalue weighted by Crippen LogP contribution is 2.40. The molecule has 26 heteroatoms. The van der Waals surface area contributed by atoms with E-state index in [9.17, 15) is 14.4 Å². The van der Waals surface area contributed by atoms with Gasteiger partial charge in [0.05, 0.1) is 98.7 Å². The van der Waals surface area contributed by atoms with Gasteiger partial charge in [-0.3, -0.25) is 14.4 Å². The number of rotatable bonds is 12. The molecule has 26 nitrogen and oxygen atoms in total. The van der Waals surface area contributed by atoms with Crippen molar-refractivity contribution in [3.8, 4) is 33.6 Å². The van der Waals surface area contributed by atoms with Gasteiger partial charge in [0.1, 0.15) is 29.4 Å².